The van der Waals surface area contributed by atoms with Gasteiger partial charge in [0.05, 0.1) is 5.75 Å². The second kappa shape index (κ2) is 10.7. The lowest BCUT2D eigenvalue weighted by Gasteiger charge is -2.10. The highest BCUT2D eigenvalue weighted by Gasteiger charge is 2.16. The second-order valence-electron chi connectivity index (χ2n) is 7.46. The van der Waals surface area contributed by atoms with Crippen molar-refractivity contribution in [3.63, 3.8) is 0 Å². The summed E-state index contributed by atoms with van der Waals surface area (Å²) >= 11 is 1.36. The van der Waals surface area contributed by atoms with Gasteiger partial charge in [0.1, 0.15) is 5.82 Å². The van der Waals surface area contributed by atoms with Crippen molar-refractivity contribution < 1.29 is 9.59 Å². The van der Waals surface area contributed by atoms with Gasteiger partial charge in [-0.1, -0.05) is 84.6 Å². The Balaban J connectivity index is 1.47. The topological polar surface area (TPSA) is 76.9 Å². The van der Waals surface area contributed by atoms with E-state index in [1.165, 1.54) is 18.7 Å². The lowest BCUT2D eigenvalue weighted by Crippen LogP contribution is -2.23. The average Bonchev–Trinajstić information content (AvgIpc) is 3.26. The fourth-order valence-corrected chi connectivity index (χ4v) is 4.30. The number of para-hydroxylation sites is 1. The number of amides is 1. The number of aromatic nitrogens is 3. The number of carbonyl (C=O) groups excluding carboxylic acids is 2. The van der Waals surface area contributed by atoms with Gasteiger partial charge >= 0.3 is 0 Å². The zero-order valence-corrected chi connectivity index (χ0v) is 19.1. The van der Waals surface area contributed by atoms with E-state index in [2.05, 4.69) is 15.5 Å². The number of hydrogen-bond acceptors (Lipinski definition) is 5. The minimum Gasteiger partial charge on any atom is -0.356 e. The van der Waals surface area contributed by atoms with Gasteiger partial charge < -0.3 is 5.32 Å². The van der Waals surface area contributed by atoms with E-state index in [0.717, 1.165) is 22.6 Å². The Morgan fingerprint density at radius 3 is 2.15 bits per heavy atom. The van der Waals surface area contributed by atoms with E-state index in [4.69, 9.17) is 0 Å². The monoisotopic (exact) mass is 456 g/mol. The molecule has 0 fully saturated rings. The molecule has 7 heteroatoms. The normalized spacial score (nSPS) is 10.7. The maximum Gasteiger partial charge on any atom is 0.216 e. The van der Waals surface area contributed by atoms with Crippen LogP contribution < -0.4 is 5.32 Å². The molecule has 0 radical (unpaired) electrons. The van der Waals surface area contributed by atoms with Crippen LogP contribution in [0.4, 0.5) is 0 Å². The second-order valence-corrected chi connectivity index (χ2v) is 8.40. The molecule has 4 rings (SSSR count). The minimum atomic E-state index is -0.0840. The number of nitrogens with one attached hydrogen (secondary N) is 1. The highest BCUT2D eigenvalue weighted by Crippen LogP contribution is 2.24. The van der Waals surface area contributed by atoms with Crippen LogP contribution in [-0.4, -0.2) is 38.8 Å². The van der Waals surface area contributed by atoms with E-state index in [9.17, 15) is 9.59 Å². The van der Waals surface area contributed by atoms with Gasteiger partial charge in [-0.2, -0.15) is 0 Å². The van der Waals surface area contributed by atoms with Gasteiger partial charge in [-0.05, 0) is 23.3 Å². The first-order valence-electron chi connectivity index (χ1n) is 10.7. The molecule has 1 aromatic heterocycles. The molecule has 1 N–H and O–H groups in total. The average molecular weight is 457 g/mol. The van der Waals surface area contributed by atoms with Gasteiger partial charge in [-0.25, -0.2) is 0 Å². The highest BCUT2D eigenvalue weighted by atomic mass is 32.2. The van der Waals surface area contributed by atoms with Gasteiger partial charge in [0.15, 0.2) is 10.9 Å². The minimum absolute atomic E-state index is 0.0296. The Morgan fingerprint density at radius 1 is 0.848 bits per heavy atom. The van der Waals surface area contributed by atoms with Crippen molar-refractivity contribution in [1.29, 1.82) is 0 Å². The first kappa shape index (κ1) is 22.5. The number of hydrogen-bond donors (Lipinski definition) is 1. The third-order valence-electron chi connectivity index (χ3n) is 5.08. The van der Waals surface area contributed by atoms with Crippen LogP contribution in [0.2, 0.25) is 0 Å². The van der Waals surface area contributed by atoms with Crippen LogP contribution in [-0.2, 0) is 11.2 Å². The fourth-order valence-electron chi connectivity index (χ4n) is 3.44. The molecule has 0 aliphatic heterocycles. The van der Waals surface area contributed by atoms with E-state index in [1.54, 1.807) is 0 Å². The van der Waals surface area contributed by atoms with Crippen molar-refractivity contribution in [3.8, 4) is 16.8 Å². The zero-order chi connectivity index (χ0) is 23.0. The molecule has 6 nitrogen and oxygen atoms in total. The van der Waals surface area contributed by atoms with Gasteiger partial charge in [0.25, 0.3) is 0 Å². The van der Waals surface area contributed by atoms with Crippen molar-refractivity contribution in [3.05, 3.63) is 96.3 Å². The van der Waals surface area contributed by atoms with E-state index in [-0.39, 0.29) is 17.4 Å². The molecule has 0 spiro atoms. The molecule has 0 saturated heterocycles. The largest absolute Gasteiger partial charge is 0.356 e. The van der Waals surface area contributed by atoms with Crippen LogP contribution in [0.5, 0.6) is 0 Å². The molecule has 4 aromatic rings. The molecule has 0 bridgehead atoms. The molecular formula is C26H24N4O2S. The molecule has 166 valence electrons. The summed E-state index contributed by atoms with van der Waals surface area (Å²) in [4.78, 5) is 24.1. The predicted octanol–water partition coefficient (Wildman–Crippen LogP) is 4.59. The zero-order valence-electron chi connectivity index (χ0n) is 18.3. The molecule has 0 aliphatic rings. The van der Waals surface area contributed by atoms with Crippen LogP contribution in [0.3, 0.4) is 0 Å². The molecule has 1 amide bonds. The summed E-state index contributed by atoms with van der Waals surface area (Å²) in [6.07, 6.45) is 0.539. The van der Waals surface area contributed by atoms with E-state index >= 15 is 0 Å². The van der Waals surface area contributed by atoms with E-state index < -0.39 is 0 Å². The van der Waals surface area contributed by atoms with Crippen molar-refractivity contribution in [2.24, 2.45) is 0 Å². The molecule has 0 aliphatic carbocycles. The predicted molar refractivity (Wildman–Crippen MR) is 131 cm³/mol. The molecule has 3 aromatic carbocycles. The fraction of sp³-hybridized carbons (Fsp3) is 0.154. The summed E-state index contributed by atoms with van der Waals surface area (Å²) < 4.78 is 1.94. The molecule has 1 heterocycles. The number of rotatable bonds is 9. The molecule has 0 atom stereocenters. The van der Waals surface area contributed by atoms with Gasteiger partial charge in [-0.3, -0.25) is 14.2 Å². The van der Waals surface area contributed by atoms with Gasteiger partial charge in [-0.15, -0.1) is 10.2 Å². The quantitative estimate of drug-likeness (QED) is 0.295. The molecule has 0 unspecified atom stereocenters. The lowest BCUT2D eigenvalue weighted by atomic mass is 10.0. The third-order valence-corrected chi connectivity index (χ3v) is 6.01. The summed E-state index contributed by atoms with van der Waals surface area (Å²) in [6.45, 7) is 1.96. The maximum atomic E-state index is 12.8. The van der Waals surface area contributed by atoms with Crippen LogP contribution in [0.15, 0.2) is 90.1 Å². The van der Waals surface area contributed by atoms with Crippen LogP contribution in [0, 0.1) is 0 Å². The Labute approximate surface area is 197 Å². The van der Waals surface area contributed by atoms with Crippen molar-refractivity contribution in [1.82, 2.24) is 20.1 Å². The smallest absolute Gasteiger partial charge is 0.216 e. The Bertz CT molecular complexity index is 1220. The summed E-state index contributed by atoms with van der Waals surface area (Å²) in [5.41, 5.74) is 3.78. The van der Waals surface area contributed by atoms with Gasteiger partial charge in [0.2, 0.25) is 5.91 Å². The third kappa shape index (κ3) is 5.75. The number of Topliss-reactive ketones (excluding diaryl/α,β-unsaturated/α-hetero) is 1. The molecule has 0 saturated carbocycles. The number of benzene rings is 3. The molecule has 33 heavy (non-hydrogen) atoms. The highest BCUT2D eigenvalue weighted by molar-refractivity contribution is 7.99. The summed E-state index contributed by atoms with van der Waals surface area (Å²) in [7, 11) is 0. The van der Waals surface area contributed by atoms with Crippen LogP contribution >= 0.6 is 11.8 Å². The van der Waals surface area contributed by atoms with Crippen molar-refractivity contribution in [2.45, 2.75) is 18.5 Å². The Hall–Kier alpha value is -3.71. The van der Waals surface area contributed by atoms with Crippen molar-refractivity contribution >= 4 is 23.5 Å². The first-order chi connectivity index (χ1) is 16.1. The number of carbonyl (C=O) groups is 2. The first-order valence-corrected chi connectivity index (χ1v) is 11.7. The number of thioether (sulfide) groups is 1. The number of ketones is 1. The molecular weight excluding hydrogens is 432 g/mol. The Morgan fingerprint density at radius 2 is 1.48 bits per heavy atom. The standard InChI is InChI=1S/C26H24N4O2S/c1-19(31)27-17-16-25-28-29-26(30(25)23-10-6-3-7-11-23)33-18-24(32)22-14-12-21(13-15-22)20-8-4-2-5-9-20/h2-15H,16-18H2,1H3,(H,27,31). The van der Waals surface area contributed by atoms with Crippen LogP contribution in [0.25, 0.3) is 16.8 Å². The Kier molecular flexibility index (Phi) is 7.32. The van der Waals surface area contributed by atoms with E-state index in [0.29, 0.717) is 23.7 Å². The van der Waals surface area contributed by atoms with Crippen LogP contribution in [0.1, 0.15) is 23.1 Å². The maximum absolute atomic E-state index is 12.8. The number of nitrogens with zero attached hydrogens (tertiary/aromatic N) is 3. The summed E-state index contributed by atoms with van der Waals surface area (Å²) in [5.74, 6) is 0.930. The van der Waals surface area contributed by atoms with E-state index in [1.807, 2.05) is 89.5 Å². The summed E-state index contributed by atoms with van der Waals surface area (Å²) in [5, 5.41) is 12.1. The van der Waals surface area contributed by atoms with Crippen molar-refractivity contribution in [2.75, 3.05) is 12.3 Å². The lowest BCUT2D eigenvalue weighted by molar-refractivity contribution is -0.118. The SMILES string of the molecule is CC(=O)NCCc1nnc(SCC(=O)c2ccc(-c3ccccc3)cc2)n1-c1ccccc1. The summed E-state index contributed by atoms with van der Waals surface area (Å²) in [6, 6.07) is 27.5. The van der Waals surface area contributed by atoms with Gasteiger partial charge in [0, 0.05) is 31.1 Å².